The van der Waals surface area contributed by atoms with Crippen molar-refractivity contribution in [2.24, 2.45) is 0 Å². The highest BCUT2D eigenvalue weighted by molar-refractivity contribution is 6.31. The van der Waals surface area contributed by atoms with Gasteiger partial charge in [0.05, 0.1) is 17.6 Å². The maximum atomic E-state index is 13.9. The van der Waals surface area contributed by atoms with E-state index in [1.54, 1.807) is 18.3 Å². The van der Waals surface area contributed by atoms with Crippen LogP contribution in [0.15, 0.2) is 47.4 Å². The first-order valence-corrected chi connectivity index (χ1v) is 8.05. The van der Waals surface area contributed by atoms with Crippen LogP contribution >= 0.6 is 11.6 Å². The minimum atomic E-state index is -0.316. The minimum absolute atomic E-state index is 0.115. The first-order valence-electron chi connectivity index (χ1n) is 7.67. The van der Waals surface area contributed by atoms with E-state index in [1.807, 2.05) is 26.1 Å². The molecule has 0 fully saturated rings. The molecule has 1 aromatic carbocycles. The van der Waals surface area contributed by atoms with Crippen LogP contribution in [0.5, 0.6) is 0 Å². The second-order valence-electron chi connectivity index (χ2n) is 6.03. The molecule has 6 heteroatoms. The maximum absolute atomic E-state index is 13.9. The average Bonchev–Trinajstić information content (AvgIpc) is 2.52. The fourth-order valence-corrected chi connectivity index (χ4v) is 2.95. The van der Waals surface area contributed by atoms with Crippen molar-refractivity contribution in [2.45, 2.75) is 20.0 Å². The van der Waals surface area contributed by atoms with Crippen molar-refractivity contribution in [1.29, 1.82) is 0 Å². The smallest absolute Gasteiger partial charge is 0.258 e. The van der Waals surface area contributed by atoms with Gasteiger partial charge in [0.1, 0.15) is 30.2 Å². The summed E-state index contributed by atoms with van der Waals surface area (Å²) in [5.41, 5.74) is 2.64. The number of fused-ring (bicyclic) bond motifs is 1. The highest BCUT2D eigenvalue weighted by atomic mass is 35.5. The fraction of sp³-hybridized carbons (Fsp3) is 0.222. The quantitative estimate of drug-likeness (QED) is 0.785. The number of aromatic nitrogens is 2. The lowest BCUT2D eigenvalue weighted by Gasteiger charge is -2.15. The topological polar surface area (TPSA) is 38.8 Å². The van der Waals surface area contributed by atoms with Crippen LogP contribution in [0.25, 0.3) is 5.65 Å². The van der Waals surface area contributed by atoms with Gasteiger partial charge in [-0.2, -0.15) is 0 Å². The molecule has 0 aliphatic rings. The number of nitrogens with zero attached hydrogens (tertiary/aromatic N) is 2. The molecule has 2 heterocycles. The Labute approximate surface area is 144 Å². The Bertz CT molecular complexity index is 934. The second kappa shape index (κ2) is 6.71. The molecule has 0 aliphatic carbocycles. The zero-order valence-corrected chi connectivity index (χ0v) is 14.3. The van der Waals surface area contributed by atoms with Gasteiger partial charge >= 0.3 is 0 Å². The number of hydrogen-bond acceptors (Lipinski definition) is 2. The third-order valence-electron chi connectivity index (χ3n) is 3.88. The van der Waals surface area contributed by atoms with Crippen LogP contribution in [-0.4, -0.2) is 16.4 Å². The number of nitrogens with one attached hydrogen (secondary N) is 1. The molecular formula is C18H18ClFN3O+. The fourth-order valence-electron chi connectivity index (χ4n) is 2.72. The van der Waals surface area contributed by atoms with Crippen LogP contribution < -0.4 is 10.5 Å². The molecule has 0 bridgehead atoms. The number of rotatable bonds is 4. The lowest BCUT2D eigenvalue weighted by Crippen LogP contribution is -3.06. The van der Waals surface area contributed by atoms with Gasteiger partial charge in [0.25, 0.3) is 5.56 Å². The van der Waals surface area contributed by atoms with E-state index in [-0.39, 0.29) is 11.4 Å². The molecule has 0 saturated heterocycles. The Morgan fingerprint density at radius 2 is 2.04 bits per heavy atom. The molecule has 1 atom stereocenters. The zero-order valence-electron chi connectivity index (χ0n) is 13.5. The number of aryl methyl sites for hydroxylation is 1. The molecule has 3 rings (SSSR count). The van der Waals surface area contributed by atoms with Gasteiger partial charge in [0.2, 0.25) is 0 Å². The molecule has 0 aliphatic heterocycles. The summed E-state index contributed by atoms with van der Waals surface area (Å²) in [5, 5.41) is 0.413. The second-order valence-corrected chi connectivity index (χ2v) is 6.44. The van der Waals surface area contributed by atoms with Gasteiger partial charge < -0.3 is 4.90 Å². The molecule has 0 radical (unpaired) electrons. The van der Waals surface area contributed by atoms with E-state index in [0.717, 1.165) is 10.5 Å². The van der Waals surface area contributed by atoms with Gasteiger partial charge in [-0.3, -0.25) is 9.20 Å². The molecular weight excluding hydrogens is 329 g/mol. The number of halogens is 2. The number of hydrogen-bond donors (Lipinski definition) is 1. The van der Waals surface area contributed by atoms with E-state index in [4.69, 9.17) is 11.6 Å². The number of quaternary nitrogens is 1. The predicted octanol–water partition coefficient (Wildman–Crippen LogP) is 2.01. The van der Waals surface area contributed by atoms with E-state index in [0.29, 0.717) is 35.0 Å². The summed E-state index contributed by atoms with van der Waals surface area (Å²) in [6, 6.07) is 9.93. The summed E-state index contributed by atoms with van der Waals surface area (Å²) < 4.78 is 15.4. The van der Waals surface area contributed by atoms with Crippen molar-refractivity contribution in [3.05, 3.63) is 80.6 Å². The van der Waals surface area contributed by atoms with Gasteiger partial charge in [-0.25, -0.2) is 9.37 Å². The van der Waals surface area contributed by atoms with Gasteiger partial charge in [-0.15, -0.1) is 0 Å². The van der Waals surface area contributed by atoms with E-state index in [9.17, 15) is 9.18 Å². The molecule has 2 aromatic heterocycles. The monoisotopic (exact) mass is 346 g/mol. The van der Waals surface area contributed by atoms with Gasteiger partial charge in [0.15, 0.2) is 0 Å². The molecule has 1 unspecified atom stereocenters. The van der Waals surface area contributed by atoms with Crippen molar-refractivity contribution >= 4 is 17.2 Å². The van der Waals surface area contributed by atoms with Crippen molar-refractivity contribution < 1.29 is 9.29 Å². The Morgan fingerprint density at radius 3 is 2.79 bits per heavy atom. The standard InChI is InChI=1S/C18H17ClFN3O/c1-12-6-7-17-21-13(8-18(24)23(17)9-12)10-22(2)11-14-15(19)4-3-5-16(14)20/h3-9H,10-11H2,1-2H3/p+1. The summed E-state index contributed by atoms with van der Waals surface area (Å²) in [6.07, 6.45) is 1.77. The predicted molar refractivity (Wildman–Crippen MR) is 91.9 cm³/mol. The van der Waals surface area contributed by atoms with Gasteiger partial charge in [-0.1, -0.05) is 23.7 Å². The molecule has 1 N–H and O–H groups in total. The summed E-state index contributed by atoms with van der Waals surface area (Å²) in [4.78, 5) is 17.7. The maximum Gasteiger partial charge on any atom is 0.258 e. The zero-order chi connectivity index (χ0) is 17.3. The number of pyridine rings is 1. The lowest BCUT2D eigenvalue weighted by atomic mass is 10.2. The van der Waals surface area contributed by atoms with Crippen molar-refractivity contribution in [2.75, 3.05) is 7.05 Å². The van der Waals surface area contributed by atoms with Crippen molar-refractivity contribution in [3.8, 4) is 0 Å². The van der Waals surface area contributed by atoms with Crippen LogP contribution in [0.2, 0.25) is 5.02 Å². The SMILES string of the molecule is Cc1ccc2nc(C[NH+](C)Cc3c(F)cccc3Cl)cc(=O)n2c1. The molecule has 24 heavy (non-hydrogen) atoms. The molecule has 0 amide bonds. The van der Waals surface area contributed by atoms with E-state index < -0.39 is 0 Å². The Morgan fingerprint density at radius 1 is 1.25 bits per heavy atom. The van der Waals surface area contributed by atoms with Crippen LogP contribution in [0, 0.1) is 12.7 Å². The average molecular weight is 347 g/mol. The van der Waals surface area contributed by atoms with Crippen LogP contribution in [0.4, 0.5) is 4.39 Å². The van der Waals surface area contributed by atoms with E-state index >= 15 is 0 Å². The van der Waals surface area contributed by atoms with E-state index in [1.165, 1.54) is 16.5 Å². The Hall–Kier alpha value is -2.24. The largest absolute Gasteiger partial charge is 0.328 e. The molecule has 0 saturated carbocycles. The first kappa shape index (κ1) is 16.6. The van der Waals surface area contributed by atoms with E-state index in [2.05, 4.69) is 4.98 Å². The van der Waals surface area contributed by atoms with Crippen LogP contribution in [-0.2, 0) is 13.1 Å². The highest BCUT2D eigenvalue weighted by Gasteiger charge is 2.14. The lowest BCUT2D eigenvalue weighted by molar-refractivity contribution is -0.908. The summed E-state index contributed by atoms with van der Waals surface area (Å²) in [6.45, 7) is 2.85. The normalized spacial score (nSPS) is 12.5. The molecule has 3 aromatic rings. The minimum Gasteiger partial charge on any atom is -0.328 e. The first-order chi connectivity index (χ1) is 11.4. The summed E-state index contributed by atoms with van der Waals surface area (Å²) >= 11 is 6.07. The van der Waals surface area contributed by atoms with Crippen molar-refractivity contribution in [3.63, 3.8) is 0 Å². The van der Waals surface area contributed by atoms with Crippen molar-refractivity contribution in [1.82, 2.24) is 9.38 Å². The molecule has 0 spiro atoms. The molecule has 124 valence electrons. The third kappa shape index (κ3) is 3.47. The highest BCUT2D eigenvalue weighted by Crippen LogP contribution is 2.17. The Kier molecular flexibility index (Phi) is 4.64. The Balaban J connectivity index is 1.84. The van der Waals surface area contributed by atoms with Crippen LogP contribution in [0.1, 0.15) is 16.8 Å². The summed E-state index contributed by atoms with van der Waals surface area (Å²) in [5.74, 6) is -0.316. The summed E-state index contributed by atoms with van der Waals surface area (Å²) in [7, 11) is 1.92. The molecule has 4 nitrogen and oxygen atoms in total. The van der Waals surface area contributed by atoms with Gasteiger partial charge in [-0.05, 0) is 30.7 Å². The van der Waals surface area contributed by atoms with Gasteiger partial charge in [0, 0.05) is 12.3 Å². The third-order valence-corrected chi connectivity index (χ3v) is 4.24. The van der Waals surface area contributed by atoms with Crippen LogP contribution in [0.3, 0.4) is 0 Å². The number of benzene rings is 1.